The molecule has 1 amide bonds. The van der Waals surface area contributed by atoms with Crippen LogP contribution in [0.5, 0.6) is 0 Å². The van der Waals surface area contributed by atoms with Gasteiger partial charge in [0.05, 0.1) is 6.20 Å². The molecule has 0 fully saturated rings. The van der Waals surface area contributed by atoms with Crippen LogP contribution in [-0.2, 0) is 0 Å². The highest BCUT2D eigenvalue weighted by atomic mass is 16.3. The molecule has 0 spiro atoms. The molecule has 0 radical (unpaired) electrons. The molecule has 1 aromatic heterocycles. The molecule has 1 aliphatic carbocycles. The maximum atomic E-state index is 11.5. The van der Waals surface area contributed by atoms with Gasteiger partial charge in [0.2, 0.25) is 5.76 Å². The molecule has 1 N–H and O–H groups in total. The van der Waals surface area contributed by atoms with Crippen molar-refractivity contribution in [1.29, 1.82) is 0 Å². The van der Waals surface area contributed by atoms with Gasteiger partial charge >= 0.3 is 0 Å². The predicted octanol–water partition coefficient (Wildman–Crippen LogP) is 2.29. The van der Waals surface area contributed by atoms with Gasteiger partial charge < -0.3 is 9.73 Å². The summed E-state index contributed by atoms with van der Waals surface area (Å²) < 4.78 is 4.90. The van der Waals surface area contributed by atoms with Crippen LogP contribution in [0, 0.1) is 0 Å². The second kappa shape index (κ2) is 5.49. The summed E-state index contributed by atoms with van der Waals surface area (Å²) in [5, 5.41) is 2.82. The molecule has 0 saturated heterocycles. The molecule has 0 aromatic carbocycles. The molecule has 4 heteroatoms. The van der Waals surface area contributed by atoms with Gasteiger partial charge in [-0.25, -0.2) is 4.98 Å². The molecule has 1 heterocycles. The zero-order chi connectivity index (χ0) is 11.2. The van der Waals surface area contributed by atoms with Gasteiger partial charge in [-0.3, -0.25) is 4.79 Å². The molecule has 4 nitrogen and oxygen atoms in total. The molecule has 0 saturated carbocycles. The minimum absolute atomic E-state index is 0.186. The van der Waals surface area contributed by atoms with E-state index < -0.39 is 0 Å². The Morgan fingerprint density at radius 2 is 2.44 bits per heavy atom. The lowest BCUT2D eigenvalue weighted by Crippen LogP contribution is -2.24. The van der Waals surface area contributed by atoms with Gasteiger partial charge in [-0.15, -0.1) is 0 Å². The SMILES string of the molecule is O=C(NCCC1=CCCCC1)c1cnco1. The second-order valence-electron chi connectivity index (χ2n) is 3.98. The van der Waals surface area contributed by atoms with E-state index in [9.17, 15) is 4.79 Å². The highest BCUT2D eigenvalue weighted by Crippen LogP contribution is 2.19. The van der Waals surface area contributed by atoms with Crippen LogP contribution in [0.2, 0.25) is 0 Å². The Morgan fingerprint density at radius 3 is 3.12 bits per heavy atom. The first kappa shape index (κ1) is 10.9. The largest absolute Gasteiger partial charge is 0.438 e. The molecule has 1 aliphatic rings. The van der Waals surface area contributed by atoms with Gasteiger partial charge in [-0.2, -0.15) is 0 Å². The summed E-state index contributed by atoms with van der Waals surface area (Å²) in [4.78, 5) is 15.2. The Balaban J connectivity index is 1.72. The van der Waals surface area contributed by atoms with E-state index in [-0.39, 0.29) is 11.7 Å². The van der Waals surface area contributed by atoms with E-state index in [1.807, 2.05) is 0 Å². The number of hydrogen-bond donors (Lipinski definition) is 1. The Kier molecular flexibility index (Phi) is 3.75. The normalized spacial score (nSPS) is 15.6. The minimum atomic E-state index is -0.186. The zero-order valence-electron chi connectivity index (χ0n) is 9.24. The van der Waals surface area contributed by atoms with Crippen LogP contribution in [0.15, 0.2) is 28.7 Å². The zero-order valence-corrected chi connectivity index (χ0v) is 9.24. The van der Waals surface area contributed by atoms with Gasteiger partial charge in [0, 0.05) is 6.54 Å². The number of carbonyl (C=O) groups excluding carboxylic acids is 1. The average molecular weight is 220 g/mol. The molecule has 16 heavy (non-hydrogen) atoms. The monoisotopic (exact) mass is 220 g/mol. The number of carbonyl (C=O) groups is 1. The molecule has 0 unspecified atom stereocenters. The summed E-state index contributed by atoms with van der Waals surface area (Å²) in [5.74, 6) is 0.0894. The van der Waals surface area contributed by atoms with Crippen LogP contribution in [0.1, 0.15) is 42.7 Å². The number of hydrogen-bond acceptors (Lipinski definition) is 3. The Labute approximate surface area is 94.7 Å². The third-order valence-corrected chi connectivity index (χ3v) is 2.77. The number of nitrogens with zero attached hydrogens (tertiary/aromatic N) is 1. The first-order chi connectivity index (χ1) is 7.86. The average Bonchev–Trinajstić information content (AvgIpc) is 2.84. The Bertz CT molecular complexity index is 368. The maximum absolute atomic E-state index is 11.5. The van der Waals surface area contributed by atoms with Crippen molar-refractivity contribution in [3.8, 4) is 0 Å². The first-order valence-electron chi connectivity index (χ1n) is 5.71. The third kappa shape index (κ3) is 2.95. The first-order valence-corrected chi connectivity index (χ1v) is 5.71. The van der Waals surface area contributed by atoms with Crippen molar-refractivity contribution < 1.29 is 9.21 Å². The molecule has 2 rings (SSSR count). The Morgan fingerprint density at radius 1 is 1.50 bits per heavy atom. The lowest BCUT2D eigenvalue weighted by atomic mass is 9.97. The predicted molar refractivity (Wildman–Crippen MR) is 60.0 cm³/mol. The van der Waals surface area contributed by atoms with Crippen LogP contribution in [0.3, 0.4) is 0 Å². The van der Waals surface area contributed by atoms with E-state index in [0.29, 0.717) is 6.54 Å². The lowest BCUT2D eigenvalue weighted by Gasteiger charge is -2.12. The third-order valence-electron chi connectivity index (χ3n) is 2.77. The number of aromatic nitrogens is 1. The van der Waals surface area contributed by atoms with Gasteiger partial charge in [0.15, 0.2) is 6.39 Å². The number of oxazole rings is 1. The maximum Gasteiger partial charge on any atom is 0.288 e. The standard InChI is InChI=1S/C12H16N2O2/c15-12(11-8-13-9-16-11)14-7-6-10-4-2-1-3-5-10/h4,8-9H,1-3,5-7H2,(H,14,15). The van der Waals surface area contributed by atoms with Crippen molar-refractivity contribution in [2.24, 2.45) is 0 Å². The van der Waals surface area contributed by atoms with Crippen molar-refractivity contribution in [3.05, 3.63) is 30.0 Å². The second-order valence-corrected chi connectivity index (χ2v) is 3.98. The smallest absolute Gasteiger partial charge is 0.288 e. The summed E-state index contributed by atoms with van der Waals surface area (Å²) in [7, 11) is 0. The quantitative estimate of drug-likeness (QED) is 0.792. The van der Waals surface area contributed by atoms with E-state index >= 15 is 0 Å². The van der Waals surface area contributed by atoms with Crippen LogP contribution in [0.25, 0.3) is 0 Å². The molecule has 0 aliphatic heterocycles. The van der Waals surface area contributed by atoms with Crippen LogP contribution in [0.4, 0.5) is 0 Å². The molecule has 1 aromatic rings. The molecular formula is C12H16N2O2. The van der Waals surface area contributed by atoms with Gasteiger partial charge in [0.1, 0.15) is 0 Å². The summed E-state index contributed by atoms with van der Waals surface area (Å²) >= 11 is 0. The number of allylic oxidation sites excluding steroid dienone is 1. The molecule has 0 atom stereocenters. The fraction of sp³-hybridized carbons (Fsp3) is 0.500. The molecule has 86 valence electrons. The van der Waals surface area contributed by atoms with E-state index in [4.69, 9.17) is 4.42 Å². The van der Waals surface area contributed by atoms with E-state index in [0.717, 1.165) is 6.42 Å². The van der Waals surface area contributed by atoms with E-state index in [1.54, 1.807) is 0 Å². The minimum Gasteiger partial charge on any atom is -0.438 e. The fourth-order valence-corrected chi connectivity index (χ4v) is 1.88. The van der Waals surface area contributed by atoms with Crippen LogP contribution < -0.4 is 5.32 Å². The van der Waals surface area contributed by atoms with Gasteiger partial charge in [-0.1, -0.05) is 11.6 Å². The lowest BCUT2D eigenvalue weighted by molar-refractivity contribution is 0.0926. The summed E-state index contributed by atoms with van der Waals surface area (Å²) in [6.07, 6.45) is 10.9. The number of rotatable bonds is 4. The summed E-state index contributed by atoms with van der Waals surface area (Å²) in [6, 6.07) is 0. The summed E-state index contributed by atoms with van der Waals surface area (Å²) in [6.45, 7) is 0.672. The van der Waals surface area contributed by atoms with Crippen LogP contribution in [-0.4, -0.2) is 17.4 Å². The van der Waals surface area contributed by atoms with Crippen molar-refractivity contribution in [3.63, 3.8) is 0 Å². The highest BCUT2D eigenvalue weighted by molar-refractivity contribution is 5.90. The molecule has 0 bridgehead atoms. The van der Waals surface area contributed by atoms with Gasteiger partial charge in [-0.05, 0) is 32.1 Å². The van der Waals surface area contributed by atoms with Crippen molar-refractivity contribution >= 4 is 5.91 Å². The molecular weight excluding hydrogens is 204 g/mol. The topological polar surface area (TPSA) is 55.1 Å². The van der Waals surface area contributed by atoms with Gasteiger partial charge in [0.25, 0.3) is 5.91 Å². The Hall–Kier alpha value is -1.58. The van der Waals surface area contributed by atoms with E-state index in [2.05, 4.69) is 16.4 Å². The van der Waals surface area contributed by atoms with E-state index in [1.165, 1.54) is 43.8 Å². The summed E-state index contributed by atoms with van der Waals surface area (Å²) in [5.41, 5.74) is 1.46. The fourth-order valence-electron chi connectivity index (χ4n) is 1.88. The van der Waals surface area contributed by atoms with Crippen LogP contribution >= 0.6 is 0 Å². The van der Waals surface area contributed by atoms with Crippen molar-refractivity contribution in [2.45, 2.75) is 32.1 Å². The number of nitrogens with one attached hydrogen (secondary N) is 1. The van der Waals surface area contributed by atoms with Crippen molar-refractivity contribution in [1.82, 2.24) is 10.3 Å². The van der Waals surface area contributed by atoms with Crippen molar-refractivity contribution in [2.75, 3.05) is 6.54 Å². The highest BCUT2D eigenvalue weighted by Gasteiger charge is 2.09. The number of amides is 1.